The van der Waals surface area contributed by atoms with Gasteiger partial charge in [-0.3, -0.25) is 9.48 Å². The molecule has 2 aromatic rings. The van der Waals surface area contributed by atoms with E-state index in [0.29, 0.717) is 12.3 Å². The van der Waals surface area contributed by atoms with Gasteiger partial charge in [0.1, 0.15) is 5.82 Å². The maximum absolute atomic E-state index is 14.0. The van der Waals surface area contributed by atoms with Crippen LogP contribution in [0, 0.1) is 5.82 Å². The van der Waals surface area contributed by atoms with Gasteiger partial charge in [-0.1, -0.05) is 22.8 Å². The molecule has 1 aliphatic heterocycles. The average molecular weight is 365 g/mol. The fraction of sp³-hybridized carbons (Fsp3) is 0.353. The van der Waals surface area contributed by atoms with Gasteiger partial charge in [-0.15, -0.1) is 0 Å². The van der Waals surface area contributed by atoms with Crippen LogP contribution in [-0.4, -0.2) is 27.5 Å². The van der Waals surface area contributed by atoms with Crippen LogP contribution in [0.15, 0.2) is 35.6 Å². The molecule has 0 radical (unpaired) electrons. The lowest BCUT2D eigenvalue weighted by Crippen LogP contribution is -2.37. The van der Waals surface area contributed by atoms with Gasteiger partial charge in [-0.2, -0.15) is 5.10 Å². The third-order valence-electron chi connectivity index (χ3n) is 4.06. The molecule has 1 aliphatic rings. The van der Waals surface area contributed by atoms with Crippen LogP contribution in [0.2, 0.25) is 5.02 Å². The van der Waals surface area contributed by atoms with Crippen LogP contribution in [0.1, 0.15) is 37.6 Å². The van der Waals surface area contributed by atoms with E-state index in [1.165, 1.54) is 12.1 Å². The Morgan fingerprint density at radius 2 is 2.32 bits per heavy atom. The van der Waals surface area contributed by atoms with Gasteiger partial charge in [0.05, 0.1) is 28.0 Å². The Hall–Kier alpha value is -2.41. The molecule has 2 atom stereocenters. The van der Waals surface area contributed by atoms with Gasteiger partial charge in [0.25, 0.3) is 5.91 Å². The van der Waals surface area contributed by atoms with Crippen LogP contribution < -0.4 is 5.32 Å². The van der Waals surface area contributed by atoms with Gasteiger partial charge >= 0.3 is 0 Å². The van der Waals surface area contributed by atoms with Crippen LogP contribution in [0.5, 0.6) is 0 Å². The number of nitrogens with one attached hydrogen (secondary N) is 1. The smallest absolute Gasteiger partial charge is 0.264 e. The number of carbonyl (C=O) groups excluding carboxylic acids is 1. The summed E-state index contributed by atoms with van der Waals surface area (Å²) >= 11 is 6.04. The minimum atomic E-state index is -0.814. The van der Waals surface area contributed by atoms with Crippen molar-refractivity contribution < 1.29 is 14.0 Å². The first-order chi connectivity index (χ1) is 12.0. The molecule has 2 heterocycles. The van der Waals surface area contributed by atoms with E-state index >= 15 is 0 Å². The number of halogens is 2. The molecule has 2 unspecified atom stereocenters. The Morgan fingerprint density at radius 3 is 3.04 bits per heavy atom. The molecular weight excluding hydrogens is 347 g/mol. The first kappa shape index (κ1) is 17.4. The molecule has 1 aromatic heterocycles. The summed E-state index contributed by atoms with van der Waals surface area (Å²) in [5.41, 5.74) is 1.40. The zero-order chi connectivity index (χ0) is 18.0. The number of hydrogen-bond donors (Lipinski definition) is 1. The monoisotopic (exact) mass is 364 g/mol. The van der Waals surface area contributed by atoms with E-state index in [1.54, 1.807) is 12.3 Å². The van der Waals surface area contributed by atoms with Crippen molar-refractivity contribution >= 4 is 23.2 Å². The second-order valence-corrected chi connectivity index (χ2v) is 6.14. The summed E-state index contributed by atoms with van der Waals surface area (Å²) in [5.74, 6) is -0.807. The molecule has 0 aliphatic carbocycles. The highest BCUT2D eigenvalue weighted by atomic mass is 35.5. The van der Waals surface area contributed by atoms with Gasteiger partial charge in [0.15, 0.2) is 0 Å². The van der Waals surface area contributed by atoms with Crippen LogP contribution in [0.4, 0.5) is 4.39 Å². The number of benzene rings is 1. The molecule has 0 fully saturated rings. The van der Waals surface area contributed by atoms with Crippen molar-refractivity contribution in [2.75, 3.05) is 0 Å². The van der Waals surface area contributed by atoms with Crippen molar-refractivity contribution in [3.8, 4) is 0 Å². The standard InChI is InChI=1S/C17H18ClFN4O2/c1-3-23-14(7-8-20-23)10(2)21-17(24)15-9-13(22-25-15)16-11(18)5-4-6-12(16)19/h4-8,10,15H,3,9H2,1-2H3,(H,21,24). The van der Waals surface area contributed by atoms with E-state index in [0.717, 1.165) is 5.69 Å². The van der Waals surface area contributed by atoms with Crippen LogP contribution >= 0.6 is 11.6 Å². The number of aryl methyl sites for hydroxylation is 1. The normalized spacial score (nSPS) is 17.8. The van der Waals surface area contributed by atoms with Crippen molar-refractivity contribution in [1.29, 1.82) is 0 Å². The number of rotatable bonds is 5. The first-order valence-electron chi connectivity index (χ1n) is 8.00. The number of carbonyl (C=O) groups is 1. The van der Waals surface area contributed by atoms with E-state index in [-0.39, 0.29) is 29.0 Å². The highest BCUT2D eigenvalue weighted by Crippen LogP contribution is 2.26. The second-order valence-electron chi connectivity index (χ2n) is 5.73. The number of oxime groups is 1. The molecule has 8 heteroatoms. The van der Waals surface area contributed by atoms with Crippen molar-refractivity contribution in [3.05, 3.63) is 52.6 Å². The molecule has 0 saturated heterocycles. The predicted molar refractivity (Wildman–Crippen MR) is 91.9 cm³/mol. The molecule has 132 valence electrons. The minimum absolute atomic E-state index is 0.159. The number of nitrogens with zero attached hydrogens (tertiary/aromatic N) is 3. The van der Waals surface area contributed by atoms with E-state index in [4.69, 9.17) is 16.4 Å². The highest BCUT2D eigenvalue weighted by molar-refractivity contribution is 6.34. The van der Waals surface area contributed by atoms with Gasteiger partial charge in [-0.05, 0) is 32.0 Å². The topological polar surface area (TPSA) is 68.5 Å². The lowest BCUT2D eigenvalue weighted by molar-refractivity contribution is -0.131. The maximum Gasteiger partial charge on any atom is 0.264 e. The zero-order valence-corrected chi connectivity index (χ0v) is 14.6. The van der Waals surface area contributed by atoms with E-state index in [1.807, 2.05) is 24.6 Å². The summed E-state index contributed by atoms with van der Waals surface area (Å²) in [7, 11) is 0. The minimum Gasteiger partial charge on any atom is -0.382 e. The zero-order valence-electron chi connectivity index (χ0n) is 13.9. The Bertz CT molecular complexity index is 800. The number of hydrogen-bond acceptors (Lipinski definition) is 4. The Kier molecular flexibility index (Phi) is 5.03. The first-order valence-corrected chi connectivity index (χ1v) is 8.38. The van der Waals surface area contributed by atoms with E-state index in [9.17, 15) is 9.18 Å². The average Bonchev–Trinajstić information content (AvgIpc) is 3.24. The van der Waals surface area contributed by atoms with Crippen molar-refractivity contribution in [2.45, 2.75) is 39.0 Å². The highest BCUT2D eigenvalue weighted by Gasteiger charge is 2.32. The molecule has 1 aromatic carbocycles. The number of amides is 1. The largest absolute Gasteiger partial charge is 0.382 e. The summed E-state index contributed by atoms with van der Waals surface area (Å²) < 4.78 is 15.8. The van der Waals surface area contributed by atoms with Gasteiger partial charge in [0.2, 0.25) is 6.10 Å². The fourth-order valence-electron chi connectivity index (χ4n) is 2.79. The lowest BCUT2D eigenvalue weighted by Gasteiger charge is -2.17. The fourth-order valence-corrected chi connectivity index (χ4v) is 3.07. The van der Waals surface area contributed by atoms with Crippen molar-refractivity contribution in [2.24, 2.45) is 5.16 Å². The molecule has 6 nitrogen and oxygen atoms in total. The molecule has 0 bridgehead atoms. The lowest BCUT2D eigenvalue weighted by atomic mass is 10.0. The number of aromatic nitrogens is 2. The molecular formula is C17H18ClFN4O2. The molecule has 0 spiro atoms. The predicted octanol–water partition coefficient (Wildman–Crippen LogP) is 3.07. The van der Waals surface area contributed by atoms with Crippen LogP contribution in [0.25, 0.3) is 0 Å². The third kappa shape index (κ3) is 3.51. The van der Waals surface area contributed by atoms with Crippen molar-refractivity contribution in [1.82, 2.24) is 15.1 Å². The van der Waals surface area contributed by atoms with Crippen LogP contribution in [0.3, 0.4) is 0 Å². The van der Waals surface area contributed by atoms with Gasteiger partial charge in [-0.25, -0.2) is 4.39 Å². The van der Waals surface area contributed by atoms with Gasteiger partial charge < -0.3 is 10.2 Å². The molecule has 25 heavy (non-hydrogen) atoms. The molecule has 1 N–H and O–H groups in total. The maximum atomic E-state index is 14.0. The second kappa shape index (κ2) is 7.23. The van der Waals surface area contributed by atoms with Gasteiger partial charge in [0, 0.05) is 19.2 Å². The molecule has 1 amide bonds. The Balaban J connectivity index is 1.66. The Labute approximate surface area is 149 Å². The van der Waals surface area contributed by atoms with E-state index < -0.39 is 11.9 Å². The quantitative estimate of drug-likeness (QED) is 0.886. The van der Waals surface area contributed by atoms with Crippen LogP contribution in [-0.2, 0) is 16.2 Å². The summed E-state index contributed by atoms with van der Waals surface area (Å²) in [6.45, 7) is 4.55. The van der Waals surface area contributed by atoms with E-state index in [2.05, 4.69) is 15.6 Å². The molecule has 3 rings (SSSR count). The summed E-state index contributed by atoms with van der Waals surface area (Å²) in [4.78, 5) is 17.6. The summed E-state index contributed by atoms with van der Waals surface area (Å²) in [6, 6.07) is 6.00. The summed E-state index contributed by atoms with van der Waals surface area (Å²) in [6.07, 6.45) is 1.03. The Morgan fingerprint density at radius 1 is 1.52 bits per heavy atom. The molecule has 0 saturated carbocycles. The summed E-state index contributed by atoms with van der Waals surface area (Å²) in [5, 5.41) is 11.1. The van der Waals surface area contributed by atoms with Crippen molar-refractivity contribution in [3.63, 3.8) is 0 Å². The SMILES string of the molecule is CCn1nccc1C(C)NC(=O)C1CC(c2c(F)cccc2Cl)=NO1. The third-order valence-corrected chi connectivity index (χ3v) is 4.38.